The molecule has 0 atom stereocenters. The van der Waals surface area contributed by atoms with Crippen molar-refractivity contribution < 1.29 is 19.0 Å². The molecular formula is C27H35N5O6. The first kappa shape index (κ1) is 28.5. The van der Waals surface area contributed by atoms with E-state index in [1.807, 2.05) is 45.0 Å². The van der Waals surface area contributed by atoms with Crippen LogP contribution in [0.15, 0.2) is 57.0 Å². The fraction of sp³-hybridized carbons (Fsp3) is 0.407. The minimum Gasteiger partial charge on any atom is -0.491 e. The number of hydrogen-bond donors (Lipinski definition) is 1. The summed E-state index contributed by atoms with van der Waals surface area (Å²) >= 11 is 0. The van der Waals surface area contributed by atoms with Gasteiger partial charge < -0.3 is 20.1 Å². The summed E-state index contributed by atoms with van der Waals surface area (Å²) in [5, 5.41) is 0. The van der Waals surface area contributed by atoms with Crippen LogP contribution in [0, 0.1) is 6.92 Å². The van der Waals surface area contributed by atoms with E-state index in [1.165, 1.54) is 4.57 Å². The maximum atomic E-state index is 13.5. The Morgan fingerprint density at radius 1 is 1.05 bits per heavy atom. The quantitative estimate of drug-likeness (QED) is 0.299. The van der Waals surface area contributed by atoms with Gasteiger partial charge in [0.05, 0.1) is 38.0 Å². The highest BCUT2D eigenvalue weighted by atomic mass is 16.5. The minimum absolute atomic E-state index is 0.0403. The number of esters is 1. The summed E-state index contributed by atoms with van der Waals surface area (Å²) in [5.41, 5.74) is 1.59. The van der Waals surface area contributed by atoms with Gasteiger partial charge in [0.1, 0.15) is 5.75 Å². The molecule has 0 unspecified atom stereocenters. The third-order valence-electron chi connectivity index (χ3n) is 5.60. The molecule has 1 aromatic heterocycles. The number of aryl methyl sites for hydroxylation is 1. The highest BCUT2D eigenvalue weighted by Gasteiger charge is 2.16. The van der Waals surface area contributed by atoms with Crippen molar-refractivity contribution in [2.24, 2.45) is 4.99 Å². The van der Waals surface area contributed by atoms with Gasteiger partial charge in [-0.1, -0.05) is 29.8 Å². The molecule has 0 fully saturated rings. The number of hydrogen-bond acceptors (Lipinski definition) is 8. The van der Waals surface area contributed by atoms with Crippen molar-refractivity contribution in [2.45, 2.75) is 59.9 Å². The Bertz CT molecular complexity index is 1450. The van der Waals surface area contributed by atoms with Crippen LogP contribution in [0.2, 0.25) is 0 Å². The van der Waals surface area contributed by atoms with Crippen LogP contribution in [0.4, 0.5) is 5.69 Å². The van der Waals surface area contributed by atoms with Gasteiger partial charge in [-0.05, 0) is 51.5 Å². The summed E-state index contributed by atoms with van der Waals surface area (Å²) in [6.07, 6.45) is -0.191. The summed E-state index contributed by atoms with van der Waals surface area (Å²) in [6, 6.07) is 12.9. The lowest BCUT2D eigenvalue weighted by atomic mass is 10.1. The molecule has 0 radical (unpaired) electrons. The van der Waals surface area contributed by atoms with Crippen LogP contribution in [-0.2, 0) is 34.0 Å². The topological polar surface area (TPSA) is 132 Å². The predicted molar refractivity (Wildman–Crippen MR) is 143 cm³/mol. The number of carbonyl (C=O) groups is 1. The molecule has 204 valence electrons. The molecule has 2 aromatic carbocycles. The molecule has 3 rings (SSSR count). The summed E-state index contributed by atoms with van der Waals surface area (Å²) in [4.78, 5) is 43.1. The van der Waals surface area contributed by atoms with Gasteiger partial charge in [-0.3, -0.25) is 9.36 Å². The van der Waals surface area contributed by atoms with Gasteiger partial charge in [-0.25, -0.2) is 19.1 Å². The summed E-state index contributed by atoms with van der Waals surface area (Å²) in [5.74, 6) is 6.33. The van der Waals surface area contributed by atoms with E-state index in [2.05, 4.69) is 4.99 Å². The fourth-order valence-corrected chi connectivity index (χ4v) is 3.80. The van der Waals surface area contributed by atoms with Crippen molar-refractivity contribution >= 4 is 11.7 Å². The average Bonchev–Trinajstić information content (AvgIpc) is 2.87. The van der Waals surface area contributed by atoms with Crippen LogP contribution in [0.5, 0.6) is 5.75 Å². The summed E-state index contributed by atoms with van der Waals surface area (Å²) < 4.78 is 19.2. The van der Waals surface area contributed by atoms with Crippen LogP contribution in [0.3, 0.4) is 0 Å². The van der Waals surface area contributed by atoms with Gasteiger partial charge in [0.2, 0.25) is 5.62 Å². The van der Waals surface area contributed by atoms with Gasteiger partial charge >= 0.3 is 17.3 Å². The minimum atomic E-state index is -0.796. The molecule has 0 aliphatic rings. The molecule has 0 bridgehead atoms. The standard InChI is InChI=1S/C27H35N5O6/c1-6-37-24(33)13-14-30-26(34)31(16-20-9-7-19(4)8-10-20)25(32(28)27(30)35)29-22-11-12-23(38-18(2)3)21(15-22)17-36-5/h7-12,15,18H,6,13-14,16-17,28H2,1-5H3. The molecule has 1 heterocycles. The number of methoxy groups -OCH3 is 1. The Kier molecular flexibility index (Phi) is 9.66. The van der Waals surface area contributed by atoms with E-state index in [0.717, 1.165) is 25.9 Å². The van der Waals surface area contributed by atoms with Crippen LogP contribution in [-0.4, -0.2) is 39.6 Å². The summed E-state index contributed by atoms with van der Waals surface area (Å²) in [7, 11) is 1.58. The number of nitrogens with two attached hydrogens (primary N) is 1. The first-order chi connectivity index (χ1) is 18.1. The predicted octanol–water partition coefficient (Wildman–Crippen LogP) is 2.00. The maximum Gasteiger partial charge on any atom is 0.353 e. The SMILES string of the molecule is CCOC(=O)CCn1c(=O)n(N)c(=Nc2ccc(OC(C)C)c(COC)c2)n(Cc2ccc(C)cc2)c1=O. The third-order valence-corrected chi connectivity index (χ3v) is 5.60. The van der Waals surface area contributed by atoms with Crippen molar-refractivity contribution in [2.75, 3.05) is 19.6 Å². The van der Waals surface area contributed by atoms with Crippen LogP contribution >= 0.6 is 0 Å². The highest BCUT2D eigenvalue weighted by molar-refractivity contribution is 5.69. The highest BCUT2D eigenvalue weighted by Crippen LogP contribution is 2.26. The summed E-state index contributed by atoms with van der Waals surface area (Å²) in [6.45, 7) is 7.90. The van der Waals surface area contributed by atoms with Crippen molar-refractivity contribution in [1.29, 1.82) is 0 Å². The van der Waals surface area contributed by atoms with Crippen LogP contribution in [0.25, 0.3) is 0 Å². The lowest BCUT2D eigenvalue weighted by Gasteiger charge is -2.15. The first-order valence-electron chi connectivity index (χ1n) is 12.4. The van der Waals surface area contributed by atoms with Gasteiger partial charge in [-0.2, -0.15) is 4.68 Å². The molecule has 0 saturated heterocycles. The zero-order valence-electron chi connectivity index (χ0n) is 22.5. The molecule has 11 heteroatoms. The van der Waals surface area contributed by atoms with E-state index in [9.17, 15) is 14.4 Å². The van der Waals surface area contributed by atoms with Gasteiger partial charge in [0.15, 0.2) is 0 Å². The monoisotopic (exact) mass is 525 g/mol. The third kappa shape index (κ3) is 7.00. The number of benzene rings is 2. The van der Waals surface area contributed by atoms with E-state index in [4.69, 9.17) is 20.1 Å². The lowest BCUT2D eigenvalue weighted by Crippen LogP contribution is -2.57. The first-order valence-corrected chi connectivity index (χ1v) is 12.4. The second-order valence-corrected chi connectivity index (χ2v) is 9.02. The molecule has 0 amide bonds. The number of ether oxygens (including phenoxy) is 3. The largest absolute Gasteiger partial charge is 0.491 e. The molecular weight excluding hydrogens is 490 g/mol. The van der Waals surface area contributed by atoms with E-state index in [1.54, 1.807) is 32.2 Å². The molecule has 0 saturated carbocycles. The Balaban J connectivity index is 2.19. The Labute approximate surface area is 220 Å². The zero-order valence-corrected chi connectivity index (χ0v) is 22.5. The van der Waals surface area contributed by atoms with E-state index in [-0.39, 0.29) is 44.4 Å². The van der Waals surface area contributed by atoms with Gasteiger partial charge in [0, 0.05) is 19.2 Å². The molecule has 11 nitrogen and oxygen atoms in total. The van der Waals surface area contributed by atoms with E-state index in [0.29, 0.717) is 11.4 Å². The van der Waals surface area contributed by atoms with E-state index < -0.39 is 17.3 Å². The number of nitrogens with zero attached hydrogens (tertiary/aromatic N) is 4. The molecule has 0 aliphatic heterocycles. The van der Waals surface area contributed by atoms with Crippen molar-refractivity contribution in [3.63, 3.8) is 0 Å². The fourth-order valence-electron chi connectivity index (χ4n) is 3.80. The average molecular weight is 526 g/mol. The van der Waals surface area contributed by atoms with Crippen molar-refractivity contribution in [3.05, 3.63) is 85.7 Å². The van der Waals surface area contributed by atoms with Crippen molar-refractivity contribution in [1.82, 2.24) is 13.8 Å². The molecule has 0 spiro atoms. The Hall–Kier alpha value is -4.12. The number of nitrogen functional groups attached to an aromatic ring is 1. The van der Waals surface area contributed by atoms with Gasteiger partial charge in [-0.15, -0.1) is 0 Å². The molecule has 2 N–H and O–H groups in total. The van der Waals surface area contributed by atoms with Crippen LogP contribution in [0.1, 0.15) is 43.9 Å². The number of carbonyl (C=O) groups excluding carboxylic acids is 1. The normalized spacial score (nSPS) is 11.7. The van der Waals surface area contributed by atoms with Crippen molar-refractivity contribution in [3.8, 4) is 5.75 Å². The lowest BCUT2D eigenvalue weighted by molar-refractivity contribution is -0.143. The smallest absolute Gasteiger partial charge is 0.353 e. The van der Waals surface area contributed by atoms with Gasteiger partial charge in [0.25, 0.3) is 0 Å². The molecule has 38 heavy (non-hydrogen) atoms. The Morgan fingerprint density at radius 2 is 1.76 bits per heavy atom. The second-order valence-electron chi connectivity index (χ2n) is 9.02. The molecule has 0 aliphatic carbocycles. The molecule has 3 aromatic rings. The number of rotatable bonds is 11. The maximum absolute atomic E-state index is 13.5. The Morgan fingerprint density at radius 3 is 2.39 bits per heavy atom. The zero-order chi connectivity index (χ0) is 27.8. The number of aromatic nitrogens is 3. The second kappa shape index (κ2) is 12.9. The van der Waals surface area contributed by atoms with E-state index >= 15 is 0 Å². The van der Waals surface area contributed by atoms with Crippen LogP contribution < -0.4 is 27.6 Å².